The van der Waals surface area contributed by atoms with Gasteiger partial charge < -0.3 is 10.3 Å². The number of pyridine rings is 1. The van der Waals surface area contributed by atoms with Crippen molar-refractivity contribution in [2.24, 2.45) is 5.73 Å². The smallest absolute Gasteiger partial charge is 0.160 e. The van der Waals surface area contributed by atoms with Crippen molar-refractivity contribution in [1.82, 2.24) is 14.5 Å². The summed E-state index contributed by atoms with van der Waals surface area (Å²) in [6.07, 6.45) is 3.78. The molecule has 2 N–H and O–H groups in total. The summed E-state index contributed by atoms with van der Waals surface area (Å²) in [5.41, 5.74) is 7.86. The topological polar surface area (TPSA) is 56.7 Å². The highest BCUT2D eigenvalue weighted by molar-refractivity contribution is 6.30. The lowest BCUT2D eigenvalue weighted by molar-refractivity contribution is 0.466. The normalized spacial score (nSPS) is 19.1. The third kappa shape index (κ3) is 1.73. The average Bonchev–Trinajstić information content (AvgIpc) is 2.69. The number of rotatable bonds is 1. The van der Waals surface area contributed by atoms with Crippen LogP contribution in [0.3, 0.4) is 0 Å². The first-order chi connectivity index (χ1) is 8.27. The third-order valence-electron chi connectivity index (χ3n) is 3.10. The lowest BCUT2D eigenvalue weighted by Crippen LogP contribution is -2.22. The van der Waals surface area contributed by atoms with Gasteiger partial charge >= 0.3 is 0 Å². The zero-order valence-electron chi connectivity index (χ0n) is 9.31. The first-order valence-electron chi connectivity index (χ1n) is 5.70. The zero-order valence-corrected chi connectivity index (χ0v) is 10.1. The van der Waals surface area contributed by atoms with E-state index in [4.69, 9.17) is 17.3 Å². The fraction of sp³-hybridized carbons (Fsp3) is 0.333. The Bertz CT molecular complexity index is 535. The summed E-state index contributed by atoms with van der Waals surface area (Å²) in [6.45, 7) is 0.911. The van der Waals surface area contributed by atoms with Crippen LogP contribution in [0.2, 0.25) is 5.15 Å². The Morgan fingerprint density at radius 3 is 3.06 bits per heavy atom. The van der Waals surface area contributed by atoms with Crippen LogP contribution in [0, 0.1) is 0 Å². The summed E-state index contributed by atoms with van der Waals surface area (Å²) in [5, 5.41) is 0.512. The van der Waals surface area contributed by atoms with E-state index in [0.29, 0.717) is 5.15 Å². The molecular formula is C12H13ClN4. The molecule has 1 aliphatic rings. The van der Waals surface area contributed by atoms with Gasteiger partial charge in [0.2, 0.25) is 0 Å². The molecular weight excluding hydrogens is 236 g/mol. The van der Waals surface area contributed by atoms with E-state index in [0.717, 1.165) is 36.6 Å². The largest absolute Gasteiger partial charge is 0.324 e. The van der Waals surface area contributed by atoms with Crippen LogP contribution >= 0.6 is 11.6 Å². The highest BCUT2D eigenvalue weighted by Gasteiger charge is 2.25. The predicted molar refractivity (Wildman–Crippen MR) is 66.6 cm³/mol. The average molecular weight is 249 g/mol. The van der Waals surface area contributed by atoms with Crippen molar-refractivity contribution < 1.29 is 0 Å². The molecule has 0 saturated carbocycles. The summed E-state index contributed by atoms with van der Waals surface area (Å²) in [4.78, 5) is 8.71. The summed E-state index contributed by atoms with van der Waals surface area (Å²) >= 11 is 6.17. The molecule has 2 aromatic heterocycles. The Morgan fingerprint density at radius 1 is 1.41 bits per heavy atom. The van der Waals surface area contributed by atoms with Gasteiger partial charge in [-0.25, -0.2) is 4.98 Å². The van der Waals surface area contributed by atoms with Crippen LogP contribution in [0.5, 0.6) is 0 Å². The van der Waals surface area contributed by atoms with Gasteiger partial charge in [-0.3, -0.25) is 4.98 Å². The van der Waals surface area contributed by atoms with E-state index >= 15 is 0 Å². The maximum atomic E-state index is 6.17. The van der Waals surface area contributed by atoms with Gasteiger partial charge in [-0.1, -0.05) is 17.7 Å². The van der Waals surface area contributed by atoms with Gasteiger partial charge in [0.25, 0.3) is 0 Å². The van der Waals surface area contributed by atoms with E-state index in [1.165, 1.54) is 0 Å². The van der Waals surface area contributed by atoms with Crippen molar-refractivity contribution in [3.8, 4) is 11.5 Å². The molecule has 5 heteroatoms. The fourth-order valence-electron chi connectivity index (χ4n) is 2.31. The molecule has 3 rings (SSSR count). The molecule has 1 aliphatic heterocycles. The van der Waals surface area contributed by atoms with E-state index < -0.39 is 0 Å². The molecule has 0 radical (unpaired) electrons. The second-order valence-electron chi connectivity index (χ2n) is 4.23. The van der Waals surface area contributed by atoms with Crippen LogP contribution in [-0.4, -0.2) is 14.5 Å². The molecule has 0 bridgehead atoms. The van der Waals surface area contributed by atoms with Crippen LogP contribution in [0.4, 0.5) is 0 Å². The Morgan fingerprint density at radius 2 is 2.29 bits per heavy atom. The van der Waals surface area contributed by atoms with Gasteiger partial charge in [-0.2, -0.15) is 0 Å². The van der Waals surface area contributed by atoms with Gasteiger partial charge in [0, 0.05) is 18.8 Å². The molecule has 0 fully saturated rings. The van der Waals surface area contributed by atoms with Crippen LogP contribution < -0.4 is 5.73 Å². The van der Waals surface area contributed by atoms with Crippen molar-refractivity contribution in [1.29, 1.82) is 0 Å². The van der Waals surface area contributed by atoms with Crippen LogP contribution in [0.15, 0.2) is 24.4 Å². The van der Waals surface area contributed by atoms with Crippen LogP contribution in [0.25, 0.3) is 11.5 Å². The van der Waals surface area contributed by atoms with Crippen LogP contribution in [-0.2, 0) is 6.54 Å². The van der Waals surface area contributed by atoms with E-state index in [1.54, 1.807) is 6.20 Å². The second-order valence-corrected chi connectivity index (χ2v) is 4.58. The number of nitrogens with two attached hydrogens (primary N) is 1. The Labute approximate surface area is 104 Å². The summed E-state index contributed by atoms with van der Waals surface area (Å²) < 4.78 is 2.10. The maximum absolute atomic E-state index is 6.17. The Hall–Kier alpha value is -1.39. The highest BCUT2D eigenvalue weighted by atomic mass is 35.5. The Kier molecular flexibility index (Phi) is 2.61. The van der Waals surface area contributed by atoms with Gasteiger partial charge in [0.15, 0.2) is 11.0 Å². The highest BCUT2D eigenvalue weighted by Crippen LogP contribution is 2.33. The first-order valence-corrected chi connectivity index (χ1v) is 6.08. The molecule has 4 nitrogen and oxygen atoms in total. The van der Waals surface area contributed by atoms with Crippen molar-refractivity contribution in [3.05, 3.63) is 35.2 Å². The summed E-state index contributed by atoms with van der Waals surface area (Å²) in [6, 6.07) is 5.75. The van der Waals surface area contributed by atoms with E-state index in [1.807, 2.05) is 18.2 Å². The number of hydrogen-bond acceptors (Lipinski definition) is 3. The molecule has 2 aromatic rings. The number of imidazole rings is 1. The number of aromatic nitrogens is 3. The summed E-state index contributed by atoms with van der Waals surface area (Å²) in [5.74, 6) is 0.820. The molecule has 0 amide bonds. The second kappa shape index (κ2) is 4.13. The molecule has 1 unspecified atom stereocenters. The molecule has 0 aliphatic carbocycles. The van der Waals surface area contributed by atoms with Crippen molar-refractivity contribution in [2.75, 3.05) is 0 Å². The first kappa shape index (κ1) is 10.7. The molecule has 1 atom stereocenters. The van der Waals surface area contributed by atoms with Gasteiger partial charge in [0.05, 0.1) is 5.69 Å². The van der Waals surface area contributed by atoms with E-state index in [9.17, 15) is 0 Å². The van der Waals surface area contributed by atoms with Crippen LogP contribution in [0.1, 0.15) is 24.6 Å². The minimum Gasteiger partial charge on any atom is -0.324 e. The van der Waals surface area contributed by atoms with Gasteiger partial charge in [-0.05, 0) is 25.0 Å². The molecule has 3 heterocycles. The van der Waals surface area contributed by atoms with E-state index in [-0.39, 0.29) is 6.04 Å². The molecule has 0 saturated heterocycles. The molecule has 0 spiro atoms. The quantitative estimate of drug-likeness (QED) is 0.843. The third-order valence-corrected chi connectivity index (χ3v) is 3.38. The van der Waals surface area contributed by atoms with Crippen molar-refractivity contribution in [2.45, 2.75) is 25.4 Å². The minimum atomic E-state index is -0.0128. The number of fused-ring (bicyclic) bond motifs is 1. The molecule has 88 valence electrons. The van der Waals surface area contributed by atoms with Gasteiger partial charge in [-0.15, -0.1) is 0 Å². The maximum Gasteiger partial charge on any atom is 0.160 e. The lowest BCUT2D eigenvalue weighted by atomic mass is 10.1. The van der Waals surface area contributed by atoms with Crippen molar-refractivity contribution in [3.63, 3.8) is 0 Å². The van der Waals surface area contributed by atoms with E-state index in [2.05, 4.69) is 14.5 Å². The SMILES string of the molecule is NC1CCCn2c(-c3ccccn3)nc(Cl)c21. The lowest BCUT2D eigenvalue weighted by Gasteiger charge is -2.22. The standard InChI is InChI=1S/C12H13ClN4/c13-11-10-8(14)4-3-7-17(10)12(16-11)9-5-1-2-6-15-9/h1-2,5-6,8H,3-4,7,14H2. The molecule has 17 heavy (non-hydrogen) atoms. The Balaban J connectivity index is 2.17. The van der Waals surface area contributed by atoms with Gasteiger partial charge in [0.1, 0.15) is 5.69 Å². The van der Waals surface area contributed by atoms with Crippen molar-refractivity contribution >= 4 is 11.6 Å². The molecule has 0 aromatic carbocycles. The summed E-state index contributed by atoms with van der Waals surface area (Å²) in [7, 11) is 0. The number of nitrogens with zero attached hydrogens (tertiary/aromatic N) is 3. The monoisotopic (exact) mass is 248 g/mol. The minimum absolute atomic E-state index is 0.0128. The number of hydrogen-bond donors (Lipinski definition) is 1. The zero-order chi connectivity index (χ0) is 11.8. The fourth-order valence-corrected chi connectivity index (χ4v) is 2.63. The predicted octanol–water partition coefficient (Wildman–Crippen LogP) is 2.39. The number of halogens is 1.